The minimum absolute atomic E-state index is 0.330. The Labute approximate surface area is 77.3 Å². The van der Waals surface area contributed by atoms with E-state index in [0.717, 1.165) is 5.56 Å². The fourth-order valence-electron chi connectivity index (χ4n) is 1.43. The largest absolute Gasteiger partial charge is 0.361 e. The zero-order chi connectivity index (χ0) is 9.15. The highest BCUT2D eigenvalue weighted by Gasteiger charge is 2.32. The highest BCUT2D eigenvalue weighted by atomic mass is 16.6. The normalized spacial score (nSPS) is 28.7. The van der Waals surface area contributed by atoms with Gasteiger partial charge in [-0.3, -0.25) is 0 Å². The first-order chi connectivity index (χ1) is 6.31. The molecule has 1 aromatic rings. The number of morpholine rings is 1. The Bertz CT molecular complexity index is 268. The maximum Gasteiger partial charge on any atom is 0.207 e. The van der Waals surface area contributed by atoms with Gasteiger partial charge in [-0.2, -0.15) is 0 Å². The number of aliphatic hydroxyl groups is 1. The lowest BCUT2D eigenvalue weighted by Gasteiger charge is -2.31. The third-order valence-corrected chi connectivity index (χ3v) is 2.14. The standard InChI is InChI=1S/C10H12NO2/c12-10(8-11-6-7-13-10)9-4-2-1-3-5-9/h1-5,12H,6-8H2. The van der Waals surface area contributed by atoms with Crippen LogP contribution < -0.4 is 5.32 Å². The average Bonchev–Trinajstić information content (AvgIpc) is 2.20. The second kappa shape index (κ2) is 3.46. The molecule has 1 unspecified atom stereocenters. The second-order valence-corrected chi connectivity index (χ2v) is 3.10. The minimum atomic E-state index is -1.19. The monoisotopic (exact) mass is 178 g/mol. The van der Waals surface area contributed by atoms with Crippen molar-refractivity contribution >= 4 is 0 Å². The van der Waals surface area contributed by atoms with Crippen molar-refractivity contribution < 1.29 is 9.84 Å². The molecule has 1 aliphatic heterocycles. The first-order valence-corrected chi connectivity index (χ1v) is 4.36. The van der Waals surface area contributed by atoms with Crippen molar-refractivity contribution in [1.82, 2.24) is 5.32 Å². The van der Waals surface area contributed by atoms with Crippen LogP contribution in [0, 0.1) is 0 Å². The average molecular weight is 178 g/mol. The molecular weight excluding hydrogens is 166 g/mol. The summed E-state index contributed by atoms with van der Waals surface area (Å²) in [5.41, 5.74) is 0.776. The van der Waals surface area contributed by atoms with Gasteiger partial charge in [0.25, 0.3) is 0 Å². The van der Waals surface area contributed by atoms with Crippen LogP contribution in [0.2, 0.25) is 0 Å². The zero-order valence-electron chi connectivity index (χ0n) is 7.31. The molecule has 1 fully saturated rings. The summed E-state index contributed by atoms with van der Waals surface area (Å²) in [6, 6.07) is 9.37. The number of benzene rings is 1. The van der Waals surface area contributed by atoms with Gasteiger partial charge in [-0.05, 0) is 0 Å². The molecule has 1 atom stereocenters. The molecule has 1 radical (unpaired) electrons. The van der Waals surface area contributed by atoms with Crippen molar-refractivity contribution in [1.29, 1.82) is 0 Å². The first kappa shape index (κ1) is 8.69. The van der Waals surface area contributed by atoms with Gasteiger partial charge in [0.05, 0.1) is 13.2 Å². The van der Waals surface area contributed by atoms with Gasteiger partial charge in [-0.15, -0.1) is 0 Å². The maximum atomic E-state index is 10.0. The van der Waals surface area contributed by atoms with Crippen LogP contribution in [0.1, 0.15) is 5.56 Å². The van der Waals surface area contributed by atoms with Crippen LogP contribution in [0.25, 0.3) is 0 Å². The van der Waals surface area contributed by atoms with E-state index in [4.69, 9.17) is 4.74 Å². The Hall–Kier alpha value is -0.900. The number of nitrogens with zero attached hydrogens (tertiary/aromatic N) is 1. The molecule has 0 bridgehead atoms. The Kier molecular flexibility index (Phi) is 2.31. The Morgan fingerprint density at radius 2 is 2.08 bits per heavy atom. The highest BCUT2D eigenvalue weighted by molar-refractivity contribution is 5.20. The molecule has 2 rings (SSSR count). The molecule has 3 nitrogen and oxygen atoms in total. The summed E-state index contributed by atoms with van der Waals surface area (Å²) >= 11 is 0. The van der Waals surface area contributed by atoms with Gasteiger partial charge in [-0.25, -0.2) is 5.32 Å². The highest BCUT2D eigenvalue weighted by Crippen LogP contribution is 2.23. The van der Waals surface area contributed by atoms with Crippen LogP contribution in [-0.4, -0.2) is 24.8 Å². The SMILES string of the molecule is OC1(c2ccccc2)C[N]CCO1. The van der Waals surface area contributed by atoms with E-state index in [-0.39, 0.29) is 0 Å². The number of hydrogen-bond acceptors (Lipinski definition) is 2. The molecule has 13 heavy (non-hydrogen) atoms. The Morgan fingerprint density at radius 1 is 1.31 bits per heavy atom. The molecular formula is C10H12NO2. The van der Waals surface area contributed by atoms with Gasteiger partial charge in [0.2, 0.25) is 5.79 Å². The van der Waals surface area contributed by atoms with Crippen LogP contribution in [0.3, 0.4) is 0 Å². The van der Waals surface area contributed by atoms with E-state index in [1.54, 1.807) is 0 Å². The van der Waals surface area contributed by atoms with Gasteiger partial charge >= 0.3 is 0 Å². The lowest BCUT2D eigenvalue weighted by atomic mass is 10.1. The minimum Gasteiger partial charge on any atom is -0.361 e. The van der Waals surface area contributed by atoms with Gasteiger partial charge in [0.15, 0.2) is 0 Å². The van der Waals surface area contributed by atoms with Crippen LogP contribution >= 0.6 is 0 Å². The van der Waals surface area contributed by atoms with Gasteiger partial charge in [0.1, 0.15) is 0 Å². The lowest BCUT2D eigenvalue weighted by molar-refractivity contribution is -0.223. The van der Waals surface area contributed by atoms with Crippen molar-refractivity contribution in [3.8, 4) is 0 Å². The lowest BCUT2D eigenvalue weighted by Crippen LogP contribution is -2.44. The zero-order valence-corrected chi connectivity index (χ0v) is 7.31. The summed E-state index contributed by atoms with van der Waals surface area (Å²) in [6.07, 6.45) is 0. The van der Waals surface area contributed by atoms with Crippen LogP contribution in [-0.2, 0) is 10.5 Å². The van der Waals surface area contributed by atoms with E-state index in [2.05, 4.69) is 5.32 Å². The van der Waals surface area contributed by atoms with Gasteiger partial charge in [0, 0.05) is 12.1 Å². The van der Waals surface area contributed by atoms with E-state index >= 15 is 0 Å². The molecule has 1 aromatic carbocycles. The molecule has 1 N–H and O–H groups in total. The topological polar surface area (TPSA) is 43.6 Å². The molecule has 0 aromatic heterocycles. The summed E-state index contributed by atoms with van der Waals surface area (Å²) in [6.45, 7) is 1.50. The Balaban J connectivity index is 2.23. The van der Waals surface area contributed by atoms with Crippen molar-refractivity contribution in [3.63, 3.8) is 0 Å². The van der Waals surface area contributed by atoms with Crippen molar-refractivity contribution in [2.75, 3.05) is 19.7 Å². The summed E-state index contributed by atoms with van der Waals surface area (Å²) in [5, 5.41) is 14.2. The fraction of sp³-hybridized carbons (Fsp3) is 0.400. The van der Waals surface area contributed by atoms with Gasteiger partial charge in [-0.1, -0.05) is 30.3 Å². The molecule has 69 valence electrons. The molecule has 1 aliphatic rings. The van der Waals surface area contributed by atoms with Crippen LogP contribution in [0.5, 0.6) is 0 Å². The quantitative estimate of drug-likeness (QED) is 0.679. The van der Waals surface area contributed by atoms with Crippen LogP contribution in [0.15, 0.2) is 30.3 Å². The Morgan fingerprint density at radius 3 is 2.69 bits per heavy atom. The van der Waals surface area contributed by atoms with E-state index in [0.29, 0.717) is 19.7 Å². The van der Waals surface area contributed by atoms with Crippen molar-refractivity contribution in [2.24, 2.45) is 0 Å². The molecule has 0 spiro atoms. The maximum absolute atomic E-state index is 10.0. The molecule has 0 amide bonds. The molecule has 1 heterocycles. The third kappa shape index (κ3) is 1.72. The molecule has 1 saturated heterocycles. The summed E-state index contributed by atoms with van der Waals surface area (Å²) in [5.74, 6) is -1.19. The third-order valence-electron chi connectivity index (χ3n) is 2.14. The predicted octanol–water partition coefficient (Wildman–Crippen LogP) is 0.466. The van der Waals surface area contributed by atoms with E-state index in [9.17, 15) is 5.11 Å². The van der Waals surface area contributed by atoms with E-state index in [1.165, 1.54) is 0 Å². The van der Waals surface area contributed by atoms with Crippen molar-refractivity contribution in [3.05, 3.63) is 35.9 Å². The summed E-state index contributed by atoms with van der Waals surface area (Å²) in [7, 11) is 0. The van der Waals surface area contributed by atoms with E-state index in [1.807, 2.05) is 30.3 Å². The molecule has 0 saturated carbocycles. The first-order valence-electron chi connectivity index (χ1n) is 4.36. The summed E-state index contributed by atoms with van der Waals surface area (Å²) in [4.78, 5) is 0. The van der Waals surface area contributed by atoms with Gasteiger partial charge < -0.3 is 9.84 Å². The molecule has 3 heteroatoms. The number of rotatable bonds is 1. The second-order valence-electron chi connectivity index (χ2n) is 3.10. The van der Waals surface area contributed by atoms with Crippen LogP contribution in [0.4, 0.5) is 0 Å². The fourth-order valence-corrected chi connectivity index (χ4v) is 1.43. The number of ether oxygens (including phenoxy) is 1. The van der Waals surface area contributed by atoms with Crippen molar-refractivity contribution in [2.45, 2.75) is 5.79 Å². The van der Waals surface area contributed by atoms with E-state index < -0.39 is 5.79 Å². The smallest absolute Gasteiger partial charge is 0.207 e. The predicted molar refractivity (Wildman–Crippen MR) is 48.2 cm³/mol. The molecule has 0 aliphatic carbocycles. The summed E-state index contributed by atoms with van der Waals surface area (Å²) < 4.78 is 5.31. The number of hydrogen-bond donors (Lipinski definition) is 1.